The van der Waals surface area contributed by atoms with Gasteiger partial charge in [0.1, 0.15) is 0 Å². The van der Waals surface area contributed by atoms with Crippen molar-refractivity contribution in [1.29, 1.82) is 0 Å². The highest BCUT2D eigenvalue weighted by Crippen LogP contribution is 2.20. The van der Waals surface area contributed by atoms with Crippen molar-refractivity contribution in [1.82, 2.24) is 4.90 Å². The predicted octanol–water partition coefficient (Wildman–Crippen LogP) is 3.33. The monoisotopic (exact) mass is 380 g/mol. The molecule has 2 aromatic rings. The van der Waals surface area contributed by atoms with E-state index in [2.05, 4.69) is 4.74 Å². The molecule has 2 amide bonds. The lowest BCUT2D eigenvalue weighted by Crippen LogP contribution is -2.48. The highest BCUT2D eigenvalue weighted by Gasteiger charge is 2.24. The molecule has 0 unspecified atom stereocenters. The third-order valence-corrected chi connectivity index (χ3v) is 4.51. The average molecular weight is 380 g/mol. The number of methoxy groups -OCH3 is 1. The van der Waals surface area contributed by atoms with Gasteiger partial charge in [-0.25, -0.2) is 9.59 Å². The zero-order valence-electron chi connectivity index (χ0n) is 15.9. The first-order valence-corrected chi connectivity index (χ1v) is 9.21. The van der Waals surface area contributed by atoms with Gasteiger partial charge in [-0.1, -0.05) is 42.5 Å². The number of amides is 2. The number of anilines is 1. The van der Waals surface area contributed by atoms with E-state index in [1.807, 2.05) is 59.5 Å². The van der Waals surface area contributed by atoms with Crippen molar-refractivity contribution >= 4 is 23.8 Å². The number of para-hydroxylation sites is 1. The van der Waals surface area contributed by atoms with E-state index in [9.17, 15) is 9.59 Å². The summed E-state index contributed by atoms with van der Waals surface area (Å²) in [6, 6.07) is 17.4. The summed E-state index contributed by atoms with van der Waals surface area (Å²) in [6.45, 7) is 2.78. The van der Waals surface area contributed by atoms with Crippen molar-refractivity contribution < 1.29 is 19.1 Å². The Hall–Kier alpha value is -3.12. The fraction of sp³-hybridized carbons (Fsp3) is 0.273. The molecule has 0 N–H and O–H groups in total. The van der Waals surface area contributed by atoms with Crippen LogP contribution in [0.15, 0.2) is 60.7 Å². The van der Waals surface area contributed by atoms with E-state index in [4.69, 9.17) is 4.74 Å². The van der Waals surface area contributed by atoms with E-state index < -0.39 is 5.97 Å². The Bertz CT molecular complexity index is 812. The van der Waals surface area contributed by atoms with Gasteiger partial charge < -0.3 is 14.4 Å². The molecule has 0 saturated carbocycles. The average Bonchev–Trinajstić information content (AvgIpc) is 2.77. The summed E-state index contributed by atoms with van der Waals surface area (Å²) in [5.74, 6) is -0.393. The summed E-state index contributed by atoms with van der Waals surface area (Å²) in [5.41, 5.74) is 2.74. The molecule has 6 nitrogen and oxygen atoms in total. The van der Waals surface area contributed by atoms with Gasteiger partial charge in [0.25, 0.3) is 0 Å². The number of nitrogens with zero attached hydrogens (tertiary/aromatic N) is 2. The van der Waals surface area contributed by atoms with Gasteiger partial charge in [-0.3, -0.25) is 4.90 Å². The maximum atomic E-state index is 13.1. The topological polar surface area (TPSA) is 59.1 Å². The normalized spacial score (nSPS) is 14.1. The molecule has 28 heavy (non-hydrogen) atoms. The Labute approximate surface area is 165 Å². The zero-order valence-corrected chi connectivity index (χ0v) is 15.9. The molecular weight excluding hydrogens is 356 g/mol. The molecule has 1 aliphatic heterocycles. The molecule has 6 heteroatoms. The van der Waals surface area contributed by atoms with Gasteiger partial charge in [0.2, 0.25) is 0 Å². The molecule has 0 spiro atoms. The van der Waals surface area contributed by atoms with Crippen molar-refractivity contribution in [2.75, 3.05) is 38.3 Å². The van der Waals surface area contributed by atoms with Crippen LogP contribution in [0.5, 0.6) is 0 Å². The second-order valence-corrected chi connectivity index (χ2v) is 6.40. The molecule has 1 aliphatic rings. The van der Waals surface area contributed by atoms with Crippen molar-refractivity contribution in [2.45, 2.75) is 6.54 Å². The van der Waals surface area contributed by atoms with Crippen LogP contribution in [0.4, 0.5) is 10.5 Å². The van der Waals surface area contributed by atoms with Gasteiger partial charge in [0.15, 0.2) is 0 Å². The van der Waals surface area contributed by atoms with Crippen LogP contribution in [0.1, 0.15) is 11.1 Å². The Morgan fingerprint density at radius 3 is 2.39 bits per heavy atom. The summed E-state index contributed by atoms with van der Waals surface area (Å²) in [7, 11) is 1.35. The predicted molar refractivity (Wildman–Crippen MR) is 108 cm³/mol. The number of morpholine rings is 1. The number of hydrogen-bond acceptors (Lipinski definition) is 4. The highest BCUT2D eigenvalue weighted by atomic mass is 16.5. The number of ether oxygens (including phenoxy) is 2. The Morgan fingerprint density at radius 1 is 1.07 bits per heavy atom. The molecule has 2 aromatic carbocycles. The van der Waals surface area contributed by atoms with Crippen LogP contribution in [0, 0.1) is 0 Å². The van der Waals surface area contributed by atoms with Crippen molar-refractivity contribution in [3.8, 4) is 0 Å². The fourth-order valence-corrected chi connectivity index (χ4v) is 2.95. The van der Waals surface area contributed by atoms with Crippen LogP contribution in [0.2, 0.25) is 0 Å². The summed E-state index contributed by atoms with van der Waals surface area (Å²) >= 11 is 0. The molecule has 0 atom stereocenters. The van der Waals surface area contributed by atoms with Crippen LogP contribution in [0.3, 0.4) is 0 Å². The lowest BCUT2D eigenvalue weighted by molar-refractivity contribution is -0.134. The smallest absolute Gasteiger partial charge is 0.330 e. The Balaban J connectivity index is 1.76. The summed E-state index contributed by atoms with van der Waals surface area (Å²) in [4.78, 5) is 27.9. The maximum Gasteiger partial charge on any atom is 0.330 e. The summed E-state index contributed by atoms with van der Waals surface area (Å²) in [6.07, 6.45) is 3.08. The third-order valence-electron chi connectivity index (χ3n) is 4.51. The molecule has 0 bridgehead atoms. The van der Waals surface area contributed by atoms with Gasteiger partial charge in [0.05, 0.1) is 26.9 Å². The minimum absolute atomic E-state index is 0.0239. The second-order valence-electron chi connectivity index (χ2n) is 6.40. The molecule has 0 radical (unpaired) electrons. The van der Waals surface area contributed by atoms with Crippen molar-refractivity contribution in [3.63, 3.8) is 0 Å². The lowest BCUT2D eigenvalue weighted by atomic mass is 10.1. The molecule has 0 aliphatic carbocycles. The van der Waals surface area contributed by atoms with Crippen molar-refractivity contribution in [3.05, 3.63) is 71.8 Å². The Kier molecular flexibility index (Phi) is 6.81. The number of esters is 1. The standard InChI is InChI=1S/C22H24N2O4/c1-27-21(25)12-11-18-7-9-19(10-8-18)17-24(20-5-3-2-4-6-20)22(26)23-13-15-28-16-14-23/h2-12H,13-17H2,1H3/b12-11+. The quantitative estimate of drug-likeness (QED) is 0.590. The fourth-order valence-electron chi connectivity index (χ4n) is 2.95. The summed E-state index contributed by atoms with van der Waals surface area (Å²) < 4.78 is 9.96. The number of carbonyl (C=O) groups excluding carboxylic acids is 2. The van der Waals surface area contributed by atoms with Crippen LogP contribution in [-0.2, 0) is 20.8 Å². The van der Waals surface area contributed by atoms with Crippen LogP contribution < -0.4 is 4.90 Å². The minimum atomic E-state index is -0.393. The third kappa shape index (κ3) is 5.20. The van der Waals surface area contributed by atoms with E-state index in [0.717, 1.165) is 16.8 Å². The molecule has 3 rings (SSSR count). The second kappa shape index (κ2) is 9.71. The number of hydrogen-bond donors (Lipinski definition) is 0. The first-order valence-electron chi connectivity index (χ1n) is 9.21. The molecule has 1 heterocycles. The molecule has 1 fully saturated rings. The van der Waals surface area contributed by atoms with E-state index >= 15 is 0 Å². The molecule has 146 valence electrons. The van der Waals surface area contributed by atoms with E-state index in [0.29, 0.717) is 32.8 Å². The molecule has 1 saturated heterocycles. The number of carbonyl (C=O) groups is 2. The van der Waals surface area contributed by atoms with Crippen LogP contribution in [-0.4, -0.2) is 50.3 Å². The highest BCUT2D eigenvalue weighted by molar-refractivity contribution is 5.92. The van der Waals surface area contributed by atoms with Gasteiger partial charge in [-0.15, -0.1) is 0 Å². The number of benzene rings is 2. The Morgan fingerprint density at radius 2 is 1.75 bits per heavy atom. The first kappa shape index (κ1) is 19.6. The summed E-state index contributed by atoms with van der Waals surface area (Å²) in [5, 5.41) is 0. The van der Waals surface area contributed by atoms with Gasteiger partial charge >= 0.3 is 12.0 Å². The largest absolute Gasteiger partial charge is 0.466 e. The van der Waals surface area contributed by atoms with Gasteiger partial charge in [-0.05, 0) is 29.3 Å². The van der Waals surface area contributed by atoms with Crippen molar-refractivity contribution in [2.24, 2.45) is 0 Å². The van der Waals surface area contributed by atoms with Crippen LogP contribution in [0.25, 0.3) is 6.08 Å². The zero-order chi connectivity index (χ0) is 19.8. The maximum absolute atomic E-state index is 13.1. The number of urea groups is 1. The SMILES string of the molecule is COC(=O)/C=C/c1ccc(CN(C(=O)N2CCOCC2)c2ccccc2)cc1. The molecular formula is C22H24N2O4. The van der Waals surface area contributed by atoms with E-state index in [-0.39, 0.29) is 6.03 Å². The number of rotatable bonds is 5. The van der Waals surface area contributed by atoms with Gasteiger partial charge in [-0.2, -0.15) is 0 Å². The van der Waals surface area contributed by atoms with E-state index in [1.54, 1.807) is 11.0 Å². The van der Waals surface area contributed by atoms with Crippen LogP contribution >= 0.6 is 0 Å². The first-order chi connectivity index (χ1) is 13.7. The molecule has 0 aromatic heterocycles. The lowest BCUT2D eigenvalue weighted by Gasteiger charge is -2.33. The minimum Gasteiger partial charge on any atom is -0.466 e. The van der Waals surface area contributed by atoms with E-state index in [1.165, 1.54) is 13.2 Å². The van der Waals surface area contributed by atoms with Gasteiger partial charge in [0, 0.05) is 24.9 Å².